The summed E-state index contributed by atoms with van der Waals surface area (Å²) in [5, 5.41) is 3.37. The zero-order valence-corrected chi connectivity index (χ0v) is 20.4. The van der Waals surface area contributed by atoms with Gasteiger partial charge in [-0.1, -0.05) is 44.2 Å². The van der Waals surface area contributed by atoms with Gasteiger partial charge in [0.25, 0.3) is 5.91 Å². The van der Waals surface area contributed by atoms with Crippen molar-refractivity contribution in [3.8, 4) is 0 Å². The van der Waals surface area contributed by atoms with E-state index in [0.717, 1.165) is 39.1 Å². The van der Waals surface area contributed by atoms with Crippen LogP contribution < -0.4 is 5.32 Å². The van der Waals surface area contributed by atoms with Crippen LogP contribution in [0, 0.1) is 5.92 Å². The van der Waals surface area contributed by atoms with Crippen LogP contribution in [0.25, 0.3) is 0 Å². The Labute approximate surface area is 203 Å². The molecular weight excluding hydrogens is 426 g/mol. The Morgan fingerprint density at radius 2 is 1.94 bits per heavy atom. The van der Waals surface area contributed by atoms with Crippen molar-refractivity contribution in [2.24, 2.45) is 5.92 Å². The van der Waals surface area contributed by atoms with Crippen LogP contribution in [0.15, 0.2) is 54.9 Å². The van der Waals surface area contributed by atoms with E-state index in [0.29, 0.717) is 31.0 Å². The number of nitrogens with one attached hydrogen (secondary N) is 1. The van der Waals surface area contributed by atoms with Gasteiger partial charge in [-0.2, -0.15) is 0 Å². The number of aromatic nitrogens is 1. The molecule has 34 heavy (non-hydrogen) atoms. The standard InChI is InChI=1S/C27H37N5O2/c1-21(2)18-31(19-22-8-4-3-5-9-22)24-16-25(27(34)30-14-7-12-28-13-15-30)32(20-24)26(33)23-10-6-11-29-17-23/h3-6,8-11,17,21,24-25,28H,7,12-16,18-20H2,1-2H3. The Balaban J connectivity index is 1.59. The lowest BCUT2D eigenvalue weighted by Gasteiger charge is -2.30. The average molecular weight is 464 g/mol. The molecule has 2 unspecified atom stereocenters. The Morgan fingerprint density at radius 1 is 1.12 bits per heavy atom. The molecular formula is C27H37N5O2. The maximum absolute atomic E-state index is 13.7. The van der Waals surface area contributed by atoms with Gasteiger partial charge in [0.05, 0.1) is 5.56 Å². The van der Waals surface area contributed by atoms with Crippen LogP contribution in [0.3, 0.4) is 0 Å². The number of benzene rings is 1. The molecule has 4 rings (SSSR count). The molecule has 2 amide bonds. The lowest BCUT2D eigenvalue weighted by atomic mass is 10.1. The van der Waals surface area contributed by atoms with Crippen LogP contribution in [0.4, 0.5) is 0 Å². The number of hydrogen-bond acceptors (Lipinski definition) is 5. The number of hydrogen-bond donors (Lipinski definition) is 1. The van der Waals surface area contributed by atoms with Crippen molar-refractivity contribution in [3.63, 3.8) is 0 Å². The molecule has 2 aliphatic rings. The SMILES string of the molecule is CC(C)CN(Cc1ccccc1)C1CC(C(=O)N2CCCNCC2)N(C(=O)c2cccnc2)C1. The first-order valence-electron chi connectivity index (χ1n) is 12.5. The molecule has 1 N–H and O–H groups in total. The topological polar surface area (TPSA) is 68.8 Å². The normalized spacial score (nSPS) is 21.2. The molecule has 7 heteroatoms. The lowest BCUT2D eigenvalue weighted by Crippen LogP contribution is -2.48. The molecule has 2 atom stereocenters. The van der Waals surface area contributed by atoms with Crippen LogP contribution in [0.2, 0.25) is 0 Å². The Bertz CT molecular complexity index is 929. The van der Waals surface area contributed by atoms with E-state index < -0.39 is 6.04 Å². The van der Waals surface area contributed by atoms with Gasteiger partial charge in [0.1, 0.15) is 6.04 Å². The van der Waals surface area contributed by atoms with E-state index in [1.807, 2.05) is 11.0 Å². The van der Waals surface area contributed by atoms with Gasteiger partial charge in [-0.3, -0.25) is 19.5 Å². The second kappa shape index (κ2) is 11.6. The molecule has 0 spiro atoms. The first-order chi connectivity index (χ1) is 16.5. The van der Waals surface area contributed by atoms with E-state index in [1.165, 1.54) is 5.56 Å². The van der Waals surface area contributed by atoms with E-state index in [9.17, 15) is 9.59 Å². The highest BCUT2D eigenvalue weighted by molar-refractivity contribution is 5.97. The molecule has 182 valence electrons. The van der Waals surface area contributed by atoms with Crippen molar-refractivity contribution >= 4 is 11.8 Å². The minimum Gasteiger partial charge on any atom is -0.340 e. The third kappa shape index (κ3) is 6.02. The van der Waals surface area contributed by atoms with Gasteiger partial charge in [0.2, 0.25) is 5.91 Å². The van der Waals surface area contributed by atoms with E-state index in [4.69, 9.17) is 0 Å². The molecule has 0 aliphatic carbocycles. The Morgan fingerprint density at radius 3 is 2.68 bits per heavy atom. The maximum Gasteiger partial charge on any atom is 0.256 e. The number of carbonyl (C=O) groups excluding carboxylic acids is 2. The number of carbonyl (C=O) groups is 2. The largest absolute Gasteiger partial charge is 0.340 e. The predicted octanol–water partition coefficient (Wildman–Crippen LogP) is 2.64. The molecule has 1 aromatic carbocycles. The summed E-state index contributed by atoms with van der Waals surface area (Å²) in [6.07, 6.45) is 4.86. The Hall–Kier alpha value is -2.77. The zero-order chi connectivity index (χ0) is 23.9. The van der Waals surface area contributed by atoms with Crippen LogP contribution in [0.5, 0.6) is 0 Å². The summed E-state index contributed by atoms with van der Waals surface area (Å²) in [6.45, 7) is 9.87. The third-order valence-corrected chi connectivity index (χ3v) is 6.73. The minimum atomic E-state index is -0.443. The molecule has 0 radical (unpaired) electrons. The fraction of sp³-hybridized carbons (Fsp3) is 0.519. The van der Waals surface area contributed by atoms with Crippen LogP contribution in [-0.4, -0.2) is 82.9 Å². The molecule has 7 nitrogen and oxygen atoms in total. The summed E-state index contributed by atoms with van der Waals surface area (Å²) in [5.74, 6) is 0.455. The van der Waals surface area contributed by atoms with Crippen molar-refractivity contribution in [1.29, 1.82) is 0 Å². The van der Waals surface area contributed by atoms with Crippen LogP contribution in [-0.2, 0) is 11.3 Å². The summed E-state index contributed by atoms with van der Waals surface area (Å²) in [4.78, 5) is 37.6. The number of rotatable bonds is 7. The quantitative estimate of drug-likeness (QED) is 0.684. The highest BCUT2D eigenvalue weighted by Gasteiger charge is 2.43. The van der Waals surface area contributed by atoms with Crippen molar-refractivity contribution in [1.82, 2.24) is 25.0 Å². The molecule has 2 aromatic rings. The van der Waals surface area contributed by atoms with Gasteiger partial charge >= 0.3 is 0 Å². The second-order valence-corrected chi connectivity index (χ2v) is 9.84. The monoisotopic (exact) mass is 463 g/mol. The van der Waals surface area contributed by atoms with Gasteiger partial charge < -0.3 is 15.1 Å². The lowest BCUT2D eigenvalue weighted by molar-refractivity contribution is -0.135. The number of likely N-dealkylation sites (tertiary alicyclic amines) is 1. The fourth-order valence-electron chi connectivity index (χ4n) is 5.10. The highest BCUT2D eigenvalue weighted by atomic mass is 16.2. The summed E-state index contributed by atoms with van der Waals surface area (Å²) in [7, 11) is 0. The number of amides is 2. The van der Waals surface area contributed by atoms with Gasteiger partial charge in [0, 0.05) is 57.7 Å². The minimum absolute atomic E-state index is 0.0765. The first kappa shape index (κ1) is 24.4. The maximum atomic E-state index is 13.7. The first-order valence-corrected chi connectivity index (χ1v) is 12.5. The molecule has 2 fully saturated rings. The third-order valence-electron chi connectivity index (χ3n) is 6.73. The molecule has 3 heterocycles. The Kier molecular flexibility index (Phi) is 8.29. The van der Waals surface area contributed by atoms with E-state index in [-0.39, 0.29) is 17.9 Å². The molecule has 2 saturated heterocycles. The van der Waals surface area contributed by atoms with E-state index in [1.54, 1.807) is 29.4 Å². The smallest absolute Gasteiger partial charge is 0.256 e. The van der Waals surface area contributed by atoms with Crippen molar-refractivity contribution in [3.05, 3.63) is 66.0 Å². The summed E-state index contributed by atoms with van der Waals surface area (Å²) < 4.78 is 0. The van der Waals surface area contributed by atoms with Crippen LogP contribution in [0.1, 0.15) is 42.6 Å². The summed E-state index contributed by atoms with van der Waals surface area (Å²) in [6, 6.07) is 13.7. The van der Waals surface area contributed by atoms with Gasteiger partial charge in [-0.15, -0.1) is 0 Å². The van der Waals surface area contributed by atoms with E-state index >= 15 is 0 Å². The van der Waals surface area contributed by atoms with E-state index in [2.05, 4.69) is 53.3 Å². The van der Waals surface area contributed by atoms with Crippen LogP contribution >= 0.6 is 0 Å². The summed E-state index contributed by atoms with van der Waals surface area (Å²) in [5.41, 5.74) is 1.79. The second-order valence-electron chi connectivity index (χ2n) is 9.84. The molecule has 1 aromatic heterocycles. The summed E-state index contributed by atoms with van der Waals surface area (Å²) >= 11 is 0. The number of nitrogens with zero attached hydrogens (tertiary/aromatic N) is 4. The van der Waals surface area contributed by atoms with Crippen molar-refractivity contribution in [2.75, 3.05) is 39.3 Å². The fourth-order valence-corrected chi connectivity index (χ4v) is 5.10. The molecule has 0 bridgehead atoms. The highest BCUT2D eigenvalue weighted by Crippen LogP contribution is 2.28. The van der Waals surface area contributed by atoms with Crippen molar-refractivity contribution in [2.45, 2.75) is 45.3 Å². The van der Waals surface area contributed by atoms with Gasteiger partial charge in [-0.25, -0.2) is 0 Å². The van der Waals surface area contributed by atoms with Gasteiger partial charge in [-0.05, 0) is 43.0 Å². The predicted molar refractivity (Wildman–Crippen MR) is 133 cm³/mol. The zero-order valence-electron chi connectivity index (χ0n) is 20.4. The molecule has 2 aliphatic heterocycles. The van der Waals surface area contributed by atoms with Crippen molar-refractivity contribution < 1.29 is 9.59 Å². The average Bonchev–Trinajstić information content (AvgIpc) is 3.11. The number of pyridine rings is 1. The molecule has 0 saturated carbocycles. The van der Waals surface area contributed by atoms with Gasteiger partial charge in [0.15, 0.2) is 0 Å².